The van der Waals surface area contributed by atoms with E-state index < -0.39 is 5.97 Å². The molecule has 1 aromatic carbocycles. The van der Waals surface area contributed by atoms with Crippen molar-refractivity contribution in [3.05, 3.63) is 40.7 Å². The average Bonchev–Trinajstić information content (AvgIpc) is 2.95. The van der Waals surface area contributed by atoms with Gasteiger partial charge in [0.25, 0.3) is 0 Å². The smallest absolute Gasteiger partial charge is 0.357 e. The third-order valence-corrected chi connectivity index (χ3v) is 4.14. The van der Waals surface area contributed by atoms with Crippen LogP contribution in [0.4, 0.5) is 0 Å². The zero-order valence-corrected chi connectivity index (χ0v) is 13.5. The summed E-state index contributed by atoms with van der Waals surface area (Å²) in [7, 11) is 3.12. The van der Waals surface area contributed by atoms with Crippen LogP contribution in [0, 0.1) is 0 Å². The zero-order valence-electron chi connectivity index (χ0n) is 13.5. The normalized spacial score (nSPS) is 13.5. The first-order chi connectivity index (χ1) is 11.5. The molecule has 1 aliphatic rings. The summed E-state index contributed by atoms with van der Waals surface area (Å²) in [6.07, 6.45) is 1.73. The highest BCUT2D eigenvalue weighted by Gasteiger charge is 2.30. The molecule has 0 spiro atoms. The lowest BCUT2D eigenvalue weighted by Crippen LogP contribution is -2.15. The zero-order chi connectivity index (χ0) is 17.3. The Bertz CT molecular complexity index is 810. The van der Waals surface area contributed by atoms with Crippen molar-refractivity contribution in [2.24, 2.45) is 0 Å². The van der Waals surface area contributed by atoms with E-state index in [4.69, 9.17) is 9.47 Å². The minimum Gasteiger partial charge on any atom is -0.493 e. The van der Waals surface area contributed by atoms with Gasteiger partial charge in [-0.3, -0.25) is 9.48 Å². The van der Waals surface area contributed by atoms with E-state index in [1.165, 1.54) is 0 Å². The van der Waals surface area contributed by atoms with Crippen molar-refractivity contribution in [1.82, 2.24) is 9.78 Å². The highest BCUT2D eigenvalue weighted by molar-refractivity contribution is 6.06. The molecule has 24 heavy (non-hydrogen) atoms. The molecule has 3 rings (SSSR count). The molecule has 0 unspecified atom stereocenters. The highest BCUT2D eigenvalue weighted by atomic mass is 16.5. The second-order valence-corrected chi connectivity index (χ2v) is 5.60. The first-order valence-electron chi connectivity index (χ1n) is 7.62. The number of hydrogen-bond donors (Lipinski definition) is 1. The van der Waals surface area contributed by atoms with Crippen molar-refractivity contribution in [2.45, 2.75) is 25.8 Å². The van der Waals surface area contributed by atoms with Crippen LogP contribution in [0.1, 0.15) is 44.9 Å². The second kappa shape index (κ2) is 6.35. The fraction of sp³-hybridized carbons (Fsp3) is 0.353. The van der Waals surface area contributed by atoms with Gasteiger partial charge in [0.2, 0.25) is 0 Å². The lowest BCUT2D eigenvalue weighted by Gasteiger charge is -2.14. The molecule has 0 atom stereocenters. The van der Waals surface area contributed by atoms with Crippen LogP contribution in [-0.2, 0) is 13.0 Å². The van der Waals surface area contributed by atoms with Gasteiger partial charge in [0.15, 0.2) is 23.0 Å². The number of rotatable bonds is 5. The van der Waals surface area contributed by atoms with E-state index >= 15 is 0 Å². The van der Waals surface area contributed by atoms with Gasteiger partial charge in [-0.15, -0.1) is 0 Å². The second-order valence-electron chi connectivity index (χ2n) is 5.60. The predicted octanol–water partition coefficient (Wildman–Crippen LogP) is 2.17. The number of ether oxygens (including phenoxy) is 2. The summed E-state index contributed by atoms with van der Waals surface area (Å²) in [5.74, 6) is -0.115. The Labute approximate surface area is 138 Å². The van der Waals surface area contributed by atoms with Gasteiger partial charge < -0.3 is 14.6 Å². The SMILES string of the molecule is COc1ccc(Cn2nc(C(=O)O)c3c2CCCC3=O)cc1OC. The molecular weight excluding hydrogens is 312 g/mol. The van der Waals surface area contributed by atoms with Crippen LogP contribution in [0.2, 0.25) is 0 Å². The summed E-state index contributed by atoms with van der Waals surface area (Å²) in [6, 6.07) is 5.46. The van der Waals surface area contributed by atoms with Crippen LogP contribution in [0.5, 0.6) is 11.5 Å². The highest BCUT2D eigenvalue weighted by Crippen LogP contribution is 2.29. The molecule has 7 heteroatoms. The molecule has 0 bridgehead atoms. The lowest BCUT2D eigenvalue weighted by molar-refractivity contribution is 0.0684. The van der Waals surface area contributed by atoms with Gasteiger partial charge in [-0.1, -0.05) is 6.07 Å². The van der Waals surface area contributed by atoms with Gasteiger partial charge in [-0.25, -0.2) is 4.79 Å². The molecule has 126 valence electrons. The van der Waals surface area contributed by atoms with Gasteiger partial charge in [0.1, 0.15) is 0 Å². The number of benzene rings is 1. The number of ketones is 1. The van der Waals surface area contributed by atoms with Crippen LogP contribution in [0.3, 0.4) is 0 Å². The van der Waals surface area contributed by atoms with Crippen LogP contribution in [-0.4, -0.2) is 40.9 Å². The number of aromatic carboxylic acids is 1. The van der Waals surface area contributed by atoms with Crippen molar-refractivity contribution in [2.75, 3.05) is 14.2 Å². The van der Waals surface area contributed by atoms with Crippen LogP contribution in [0.25, 0.3) is 0 Å². The van der Waals surface area contributed by atoms with Crippen LogP contribution < -0.4 is 9.47 Å². The molecule has 0 aliphatic heterocycles. The summed E-state index contributed by atoms with van der Waals surface area (Å²) in [5.41, 5.74) is 1.68. The summed E-state index contributed by atoms with van der Waals surface area (Å²) >= 11 is 0. The monoisotopic (exact) mass is 330 g/mol. The van der Waals surface area contributed by atoms with E-state index in [9.17, 15) is 14.7 Å². The fourth-order valence-corrected chi connectivity index (χ4v) is 3.02. The first kappa shape index (κ1) is 16.0. The van der Waals surface area contributed by atoms with E-state index in [0.717, 1.165) is 5.56 Å². The van der Waals surface area contributed by atoms with Crippen molar-refractivity contribution in [3.8, 4) is 11.5 Å². The number of methoxy groups -OCH3 is 2. The van der Waals surface area contributed by atoms with E-state index in [1.54, 1.807) is 25.0 Å². The number of carbonyl (C=O) groups is 2. The Morgan fingerprint density at radius 3 is 2.67 bits per heavy atom. The summed E-state index contributed by atoms with van der Waals surface area (Å²) < 4.78 is 12.1. The third-order valence-electron chi connectivity index (χ3n) is 4.14. The molecule has 0 amide bonds. The minimum atomic E-state index is -1.17. The number of Topliss-reactive ketones (excluding diaryl/α,β-unsaturated/α-hetero) is 1. The fourth-order valence-electron chi connectivity index (χ4n) is 3.02. The Hall–Kier alpha value is -2.83. The number of carboxylic acid groups (broad SMARTS) is 1. The molecule has 2 aromatic rings. The van der Waals surface area contributed by atoms with E-state index in [0.29, 0.717) is 43.0 Å². The number of hydrogen-bond acceptors (Lipinski definition) is 5. The van der Waals surface area contributed by atoms with E-state index in [2.05, 4.69) is 5.10 Å². The number of aromatic nitrogens is 2. The molecule has 7 nitrogen and oxygen atoms in total. The molecule has 0 saturated carbocycles. The first-order valence-corrected chi connectivity index (χ1v) is 7.62. The Kier molecular flexibility index (Phi) is 4.24. The number of nitrogens with zero attached hydrogens (tertiary/aromatic N) is 2. The lowest BCUT2D eigenvalue weighted by atomic mass is 9.94. The Morgan fingerprint density at radius 2 is 2.00 bits per heavy atom. The standard InChI is InChI=1S/C17H18N2O5/c1-23-13-7-6-10(8-14(13)24-2)9-19-11-4-3-5-12(20)15(11)16(18-19)17(21)22/h6-8H,3-5,9H2,1-2H3,(H,21,22). The summed E-state index contributed by atoms with van der Waals surface area (Å²) in [6.45, 7) is 0.364. The molecule has 0 saturated heterocycles. The average molecular weight is 330 g/mol. The van der Waals surface area contributed by atoms with Gasteiger partial charge >= 0.3 is 5.97 Å². The van der Waals surface area contributed by atoms with Crippen molar-refractivity contribution in [3.63, 3.8) is 0 Å². The molecular formula is C17H18N2O5. The minimum absolute atomic E-state index is 0.146. The topological polar surface area (TPSA) is 90.7 Å². The number of fused-ring (bicyclic) bond motifs is 1. The van der Waals surface area contributed by atoms with E-state index in [1.807, 2.05) is 12.1 Å². The Morgan fingerprint density at radius 1 is 1.25 bits per heavy atom. The van der Waals surface area contributed by atoms with Crippen molar-refractivity contribution in [1.29, 1.82) is 0 Å². The molecule has 0 radical (unpaired) electrons. The van der Waals surface area contributed by atoms with Crippen LogP contribution >= 0.6 is 0 Å². The maximum Gasteiger partial charge on any atom is 0.357 e. The Balaban J connectivity index is 2.00. The van der Waals surface area contributed by atoms with Gasteiger partial charge in [0.05, 0.1) is 32.0 Å². The molecule has 0 fully saturated rings. The number of carboxylic acids is 1. The quantitative estimate of drug-likeness (QED) is 0.903. The molecule has 1 N–H and O–H groups in total. The van der Waals surface area contributed by atoms with Gasteiger partial charge in [0, 0.05) is 6.42 Å². The summed E-state index contributed by atoms with van der Waals surface area (Å²) in [4.78, 5) is 23.5. The van der Waals surface area contributed by atoms with E-state index in [-0.39, 0.29) is 17.0 Å². The van der Waals surface area contributed by atoms with Crippen molar-refractivity contribution >= 4 is 11.8 Å². The van der Waals surface area contributed by atoms with Gasteiger partial charge in [-0.2, -0.15) is 5.10 Å². The van der Waals surface area contributed by atoms with Crippen LogP contribution in [0.15, 0.2) is 18.2 Å². The largest absolute Gasteiger partial charge is 0.493 e. The maximum absolute atomic E-state index is 12.1. The van der Waals surface area contributed by atoms with Crippen molar-refractivity contribution < 1.29 is 24.2 Å². The van der Waals surface area contributed by atoms with Gasteiger partial charge in [-0.05, 0) is 30.5 Å². The molecule has 1 heterocycles. The predicted molar refractivity (Wildman–Crippen MR) is 85.1 cm³/mol. The summed E-state index contributed by atoms with van der Waals surface area (Å²) in [5, 5.41) is 13.5. The third kappa shape index (κ3) is 2.73. The maximum atomic E-state index is 12.1. The molecule has 1 aromatic heterocycles. The molecule has 1 aliphatic carbocycles. The number of carbonyl (C=O) groups excluding carboxylic acids is 1.